The number of rotatable bonds is 6. The number of oxazole rings is 1. The summed E-state index contributed by atoms with van der Waals surface area (Å²) in [5.74, 6) is 4.01. The molecule has 2 aromatic rings. The van der Waals surface area contributed by atoms with Gasteiger partial charge in [-0.1, -0.05) is 6.07 Å². The van der Waals surface area contributed by atoms with Gasteiger partial charge in [0, 0.05) is 11.6 Å². The van der Waals surface area contributed by atoms with Crippen LogP contribution in [0.5, 0.6) is 11.5 Å². The zero-order valence-corrected chi connectivity index (χ0v) is 16.1. The van der Waals surface area contributed by atoms with Crippen molar-refractivity contribution in [2.24, 2.45) is 17.8 Å². The first-order valence-corrected chi connectivity index (χ1v) is 10.1. The Kier molecular flexibility index (Phi) is 4.29. The smallest absolute Gasteiger partial charge is 0.273 e. The lowest BCUT2D eigenvalue weighted by atomic mass is 9.53. The fraction of sp³-hybridized carbons (Fsp3) is 0.545. The predicted octanol–water partition coefficient (Wildman–Crippen LogP) is 3.96. The Hall–Kier alpha value is -2.50. The number of methoxy groups -OCH3 is 1. The summed E-state index contributed by atoms with van der Waals surface area (Å²) in [5.41, 5.74) is 0.308. The van der Waals surface area contributed by atoms with E-state index in [2.05, 4.69) is 10.3 Å². The average molecular weight is 382 g/mol. The monoisotopic (exact) mass is 382 g/mol. The van der Waals surface area contributed by atoms with Gasteiger partial charge in [0.1, 0.15) is 17.8 Å². The Bertz CT molecular complexity index is 840. The zero-order valence-electron chi connectivity index (χ0n) is 16.1. The maximum absolute atomic E-state index is 12.8. The van der Waals surface area contributed by atoms with Crippen LogP contribution in [-0.2, 0) is 6.61 Å². The van der Waals surface area contributed by atoms with Gasteiger partial charge in [0.05, 0.1) is 7.11 Å². The Morgan fingerprint density at radius 2 is 1.86 bits per heavy atom. The second-order valence-corrected chi connectivity index (χ2v) is 8.75. The van der Waals surface area contributed by atoms with E-state index in [9.17, 15) is 4.79 Å². The van der Waals surface area contributed by atoms with Crippen LogP contribution < -0.4 is 14.8 Å². The molecule has 6 nitrogen and oxygen atoms in total. The van der Waals surface area contributed by atoms with Crippen molar-refractivity contribution < 1.29 is 18.7 Å². The van der Waals surface area contributed by atoms with Gasteiger partial charge in [0.15, 0.2) is 12.3 Å². The fourth-order valence-corrected chi connectivity index (χ4v) is 5.89. The molecule has 0 unspecified atom stereocenters. The molecule has 1 amide bonds. The summed E-state index contributed by atoms with van der Waals surface area (Å²) < 4.78 is 16.3. The molecule has 4 aliphatic rings. The van der Waals surface area contributed by atoms with E-state index in [1.807, 2.05) is 18.2 Å². The van der Waals surface area contributed by atoms with Gasteiger partial charge in [0.2, 0.25) is 5.89 Å². The SMILES string of the molecule is COc1cccc(OCc2nc(C(=O)NC34CC5CC(CC(C5)C3)C4)co2)c1. The highest BCUT2D eigenvalue weighted by atomic mass is 16.5. The lowest BCUT2D eigenvalue weighted by Gasteiger charge is -2.56. The molecule has 0 radical (unpaired) electrons. The van der Waals surface area contributed by atoms with Crippen molar-refractivity contribution in [3.8, 4) is 11.5 Å². The molecule has 0 spiro atoms. The van der Waals surface area contributed by atoms with Gasteiger partial charge in [0.25, 0.3) is 5.91 Å². The number of hydrogen-bond acceptors (Lipinski definition) is 5. The van der Waals surface area contributed by atoms with Crippen LogP contribution in [0, 0.1) is 17.8 Å². The van der Waals surface area contributed by atoms with E-state index in [-0.39, 0.29) is 18.1 Å². The van der Waals surface area contributed by atoms with Crippen LogP contribution in [0.3, 0.4) is 0 Å². The molecule has 6 rings (SSSR count). The quantitative estimate of drug-likeness (QED) is 0.819. The van der Waals surface area contributed by atoms with Crippen LogP contribution in [0.4, 0.5) is 0 Å². The molecule has 1 aromatic carbocycles. The van der Waals surface area contributed by atoms with Crippen molar-refractivity contribution in [2.75, 3.05) is 7.11 Å². The lowest BCUT2D eigenvalue weighted by Crippen LogP contribution is -2.59. The zero-order chi connectivity index (χ0) is 19.1. The summed E-state index contributed by atoms with van der Waals surface area (Å²) in [4.78, 5) is 17.1. The topological polar surface area (TPSA) is 73.6 Å². The van der Waals surface area contributed by atoms with Crippen molar-refractivity contribution in [2.45, 2.75) is 50.7 Å². The van der Waals surface area contributed by atoms with Crippen molar-refractivity contribution >= 4 is 5.91 Å². The molecule has 4 fully saturated rings. The Morgan fingerprint density at radius 3 is 2.54 bits per heavy atom. The van der Waals surface area contributed by atoms with Gasteiger partial charge in [-0.3, -0.25) is 4.79 Å². The van der Waals surface area contributed by atoms with Gasteiger partial charge in [-0.25, -0.2) is 4.98 Å². The number of carbonyl (C=O) groups excluding carboxylic acids is 1. The molecule has 0 atom stereocenters. The van der Waals surface area contributed by atoms with Crippen molar-refractivity contribution in [1.29, 1.82) is 0 Å². The Morgan fingerprint density at radius 1 is 1.18 bits per heavy atom. The highest BCUT2D eigenvalue weighted by Crippen LogP contribution is 2.55. The first kappa shape index (κ1) is 17.6. The van der Waals surface area contributed by atoms with Gasteiger partial charge in [-0.15, -0.1) is 0 Å². The molecule has 4 aliphatic carbocycles. The van der Waals surface area contributed by atoms with E-state index in [0.717, 1.165) is 42.8 Å². The van der Waals surface area contributed by atoms with Crippen molar-refractivity contribution in [3.05, 3.63) is 42.1 Å². The van der Waals surface area contributed by atoms with E-state index in [1.165, 1.54) is 25.5 Å². The molecular weight excluding hydrogens is 356 g/mol. The number of aromatic nitrogens is 1. The van der Waals surface area contributed by atoms with E-state index in [4.69, 9.17) is 13.9 Å². The van der Waals surface area contributed by atoms with Gasteiger partial charge in [-0.05, 0) is 68.4 Å². The van der Waals surface area contributed by atoms with E-state index in [0.29, 0.717) is 17.3 Å². The van der Waals surface area contributed by atoms with Crippen LogP contribution in [0.2, 0.25) is 0 Å². The van der Waals surface area contributed by atoms with Gasteiger partial charge in [-0.2, -0.15) is 0 Å². The van der Waals surface area contributed by atoms with E-state index in [1.54, 1.807) is 13.2 Å². The number of amides is 1. The fourth-order valence-electron chi connectivity index (χ4n) is 5.89. The number of ether oxygens (including phenoxy) is 2. The third kappa shape index (κ3) is 3.36. The number of benzene rings is 1. The molecule has 6 heteroatoms. The summed E-state index contributed by atoms with van der Waals surface area (Å²) >= 11 is 0. The minimum absolute atomic E-state index is 0.0258. The number of hydrogen-bond donors (Lipinski definition) is 1. The standard InChI is InChI=1S/C22H26N2O4/c1-26-17-3-2-4-18(8-17)27-13-20-23-19(12-28-20)21(25)24-22-9-14-5-15(10-22)7-16(6-14)11-22/h2-4,8,12,14-16H,5-7,9-11,13H2,1H3,(H,24,25). The highest BCUT2D eigenvalue weighted by Gasteiger charge is 2.51. The predicted molar refractivity (Wildman–Crippen MR) is 102 cm³/mol. The molecule has 0 saturated heterocycles. The molecule has 0 aliphatic heterocycles. The largest absolute Gasteiger partial charge is 0.497 e. The normalized spacial score (nSPS) is 30.2. The van der Waals surface area contributed by atoms with Crippen LogP contribution in [-0.4, -0.2) is 23.5 Å². The van der Waals surface area contributed by atoms with Gasteiger partial charge < -0.3 is 19.2 Å². The first-order valence-electron chi connectivity index (χ1n) is 10.1. The molecule has 4 bridgehead atoms. The summed E-state index contributed by atoms with van der Waals surface area (Å²) in [5, 5.41) is 3.32. The highest BCUT2D eigenvalue weighted by molar-refractivity contribution is 5.92. The maximum Gasteiger partial charge on any atom is 0.273 e. The maximum atomic E-state index is 12.8. The first-order chi connectivity index (χ1) is 13.6. The summed E-state index contributed by atoms with van der Waals surface area (Å²) in [6, 6.07) is 7.34. The van der Waals surface area contributed by atoms with Crippen molar-refractivity contribution in [3.63, 3.8) is 0 Å². The number of carbonyl (C=O) groups is 1. The van der Waals surface area contributed by atoms with Crippen LogP contribution in [0.15, 0.2) is 34.9 Å². The second kappa shape index (κ2) is 6.83. The third-order valence-electron chi connectivity index (χ3n) is 6.60. The molecule has 4 saturated carbocycles. The van der Waals surface area contributed by atoms with Crippen molar-refractivity contribution in [1.82, 2.24) is 10.3 Å². The van der Waals surface area contributed by atoms with E-state index < -0.39 is 0 Å². The van der Waals surface area contributed by atoms with Gasteiger partial charge >= 0.3 is 0 Å². The minimum Gasteiger partial charge on any atom is -0.497 e. The van der Waals surface area contributed by atoms with Crippen LogP contribution in [0.25, 0.3) is 0 Å². The molecule has 1 heterocycles. The third-order valence-corrected chi connectivity index (χ3v) is 6.60. The minimum atomic E-state index is -0.127. The van der Waals surface area contributed by atoms with Crippen LogP contribution >= 0.6 is 0 Å². The lowest BCUT2D eigenvalue weighted by molar-refractivity contribution is -0.0167. The number of nitrogens with one attached hydrogen (secondary N) is 1. The summed E-state index contributed by atoms with van der Waals surface area (Å²) in [7, 11) is 1.61. The van der Waals surface area contributed by atoms with Crippen LogP contribution in [0.1, 0.15) is 54.9 Å². The molecule has 148 valence electrons. The summed E-state index contributed by atoms with van der Waals surface area (Å²) in [6.07, 6.45) is 8.85. The van der Waals surface area contributed by atoms with E-state index >= 15 is 0 Å². The molecule has 1 N–H and O–H groups in total. The molecule has 28 heavy (non-hydrogen) atoms. The number of nitrogens with zero attached hydrogens (tertiary/aromatic N) is 1. The average Bonchev–Trinajstić information content (AvgIpc) is 3.14. The molecular formula is C22H26N2O4. The summed E-state index contributed by atoms with van der Waals surface area (Å²) in [6.45, 7) is 0.164. The Balaban J connectivity index is 1.22. The Labute approximate surface area is 164 Å². The molecule has 1 aromatic heterocycles. The second-order valence-electron chi connectivity index (χ2n) is 8.75.